The van der Waals surface area contributed by atoms with Gasteiger partial charge in [0.25, 0.3) is 21.9 Å². The fourth-order valence-electron chi connectivity index (χ4n) is 2.27. The van der Waals surface area contributed by atoms with E-state index in [0.29, 0.717) is 11.8 Å². The van der Waals surface area contributed by atoms with E-state index in [9.17, 15) is 22.8 Å². The minimum Gasteiger partial charge on any atom is -0.301 e. The van der Waals surface area contributed by atoms with Crippen LogP contribution in [0.2, 0.25) is 0 Å². The maximum Gasteiger partial charge on any atom is 0.294 e. The molecule has 0 radical (unpaired) electrons. The molecule has 2 rings (SSSR count). The Morgan fingerprint density at radius 3 is 2.27 bits per heavy atom. The first kappa shape index (κ1) is 16.1. The van der Waals surface area contributed by atoms with Crippen LogP contribution in [0.15, 0.2) is 29.2 Å². The number of amides is 2. The first-order valence-electron chi connectivity index (χ1n) is 6.34. The first-order valence-corrected chi connectivity index (χ1v) is 7.78. The van der Waals surface area contributed by atoms with Crippen molar-refractivity contribution in [2.45, 2.75) is 11.3 Å². The molecule has 0 spiro atoms. The van der Waals surface area contributed by atoms with Gasteiger partial charge in [-0.05, 0) is 24.1 Å². The van der Waals surface area contributed by atoms with Crippen molar-refractivity contribution in [1.82, 2.24) is 10.0 Å². The minimum atomic E-state index is -4.28. The lowest BCUT2D eigenvalue weighted by atomic mass is 9.99. The lowest BCUT2D eigenvalue weighted by Crippen LogP contribution is -2.38. The van der Waals surface area contributed by atoms with Crippen molar-refractivity contribution < 1.29 is 27.4 Å². The molecule has 1 atom stereocenters. The van der Waals surface area contributed by atoms with Gasteiger partial charge in [-0.1, -0.05) is 12.1 Å². The Hall–Kier alpha value is -2.26. The van der Waals surface area contributed by atoms with E-state index in [4.69, 9.17) is 4.55 Å². The third-order valence-electron chi connectivity index (χ3n) is 3.44. The lowest BCUT2D eigenvalue weighted by Gasteiger charge is -2.20. The molecule has 1 fully saturated rings. The molecule has 118 valence electrons. The molecule has 1 aromatic rings. The predicted octanol–water partition coefficient (Wildman–Crippen LogP) is -0.493. The molecule has 1 aromatic carbocycles. The van der Waals surface area contributed by atoms with Gasteiger partial charge in [0, 0.05) is 7.05 Å². The van der Waals surface area contributed by atoms with Crippen molar-refractivity contribution in [1.29, 1.82) is 0 Å². The van der Waals surface area contributed by atoms with Crippen molar-refractivity contribution in [2.75, 3.05) is 13.6 Å². The Morgan fingerprint density at radius 1 is 1.18 bits per heavy atom. The SMILES string of the molecule is CN1C(=O)C(Cc2ccc(S(=O)(=O)O)cc2)C(=O)N1CC=O. The van der Waals surface area contributed by atoms with E-state index in [1.165, 1.54) is 31.3 Å². The van der Waals surface area contributed by atoms with E-state index in [1.54, 1.807) is 0 Å². The summed E-state index contributed by atoms with van der Waals surface area (Å²) in [4.78, 5) is 34.4. The van der Waals surface area contributed by atoms with Gasteiger partial charge in [-0.2, -0.15) is 8.42 Å². The Kier molecular flexibility index (Phi) is 4.29. The van der Waals surface area contributed by atoms with E-state index in [0.717, 1.165) is 10.0 Å². The molecule has 1 heterocycles. The minimum absolute atomic E-state index is 0.0864. The largest absolute Gasteiger partial charge is 0.301 e. The average molecular weight is 326 g/mol. The maximum atomic E-state index is 12.1. The van der Waals surface area contributed by atoms with Gasteiger partial charge in [0.15, 0.2) is 0 Å². The molecule has 0 aliphatic carbocycles. The normalized spacial score (nSPS) is 18.9. The molecule has 1 aliphatic heterocycles. The Morgan fingerprint density at radius 2 is 1.77 bits per heavy atom. The van der Waals surface area contributed by atoms with Crippen LogP contribution in [0.5, 0.6) is 0 Å². The van der Waals surface area contributed by atoms with Gasteiger partial charge in [-0.25, -0.2) is 5.01 Å². The third kappa shape index (κ3) is 3.00. The summed E-state index contributed by atoms with van der Waals surface area (Å²) in [6, 6.07) is 5.24. The molecule has 1 N–H and O–H groups in total. The third-order valence-corrected chi connectivity index (χ3v) is 4.31. The molecule has 0 saturated carbocycles. The van der Waals surface area contributed by atoms with Gasteiger partial charge in [0.1, 0.15) is 12.2 Å². The van der Waals surface area contributed by atoms with Crippen molar-refractivity contribution in [3.05, 3.63) is 29.8 Å². The van der Waals surface area contributed by atoms with Crippen molar-refractivity contribution in [3.8, 4) is 0 Å². The highest BCUT2D eigenvalue weighted by molar-refractivity contribution is 7.85. The van der Waals surface area contributed by atoms with Crippen LogP contribution in [-0.4, -0.2) is 54.7 Å². The summed E-state index contributed by atoms with van der Waals surface area (Å²) in [5.74, 6) is -1.84. The van der Waals surface area contributed by atoms with E-state index < -0.39 is 27.9 Å². The number of carbonyl (C=O) groups excluding carboxylic acids is 3. The highest BCUT2D eigenvalue weighted by Gasteiger charge is 2.43. The van der Waals surface area contributed by atoms with Crippen LogP contribution in [0.4, 0.5) is 0 Å². The van der Waals surface area contributed by atoms with E-state index in [-0.39, 0.29) is 17.9 Å². The zero-order valence-electron chi connectivity index (χ0n) is 11.7. The Labute approximate surface area is 127 Å². The van der Waals surface area contributed by atoms with Crippen LogP contribution in [0.1, 0.15) is 5.56 Å². The summed E-state index contributed by atoms with van der Waals surface area (Å²) in [5.41, 5.74) is 0.570. The molecule has 0 bridgehead atoms. The zero-order valence-corrected chi connectivity index (χ0v) is 12.5. The van der Waals surface area contributed by atoms with Crippen molar-refractivity contribution in [2.24, 2.45) is 5.92 Å². The average Bonchev–Trinajstić information content (AvgIpc) is 2.65. The number of carbonyl (C=O) groups is 3. The van der Waals surface area contributed by atoms with Crippen molar-refractivity contribution >= 4 is 28.2 Å². The summed E-state index contributed by atoms with van der Waals surface area (Å²) >= 11 is 0. The fourth-order valence-corrected chi connectivity index (χ4v) is 2.75. The van der Waals surface area contributed by atoms with Gasteiger partial charge in [-0.15, -0.1) is 0 Å². The number of aldehydes is 1. The molecular weight excluding hydrogens is 312 g/mol. The van der Waals surface area contributed by atoms with Crippen LogP contribution in [0, 0.1) is 5.92 Å². The molecule has 22 heavy (non-hydrogen) atoms. The number of nitrogens with zero attached hydrogens (tertiary/aromatic N) is 2. The lowest BCUT2D eigenvalue weighted by molar-refractivity contribution is -0.145. The summed E-state index contributed by atoms with van der Waals surface area (Å²) in [6.45, 7) is -0.195. The molecule has 1 aliphatic rings. The van der Waals surface area contributed by atoms with Gasteiger partial charge in [-0.3, -0.25) is 19.2 Å². The van der Waals surface area contributed by atoms with Crippen LogP contribution in [0.3, 0.4) is 0 Å². The van der Waals surface area contributed by atoms with Crippen LogP contribution in [0.25, 0.3) is 0 Å². The molecule has 1 unspecified atom stereocenters. The van der Waals surface area contributed by atoms with Gasteiger partial charge < -0.3 is 4.79 Å². The zero-order chi connectivity index (χ0) is 16.5. The van der Waals surface area contributed by atoms with Crippen LogP contribution in [-0.2, 0) is 30.9 Å². The molecule has 8 nitrogen and oxygen atoms in total. The maximum absolute atomic E-state index is 12.1. The molecular formula is C13H14N2O6S. The Bertz CT molecular complexity index is 713. The quantitative estimate of drug-likeness (QED) is 0.444. The topological polar surface area (TPSA) is 112 Å². The van der Waals surface area contributed by atoms with E-state index in [1.807, 2.05) is 0 Å². The van der Waals surface area contributed by atoms with Crippen LogP contribution >= 0.6 is 0 Å². The number of hydrogen-bond donors (Lipinski definition) is 1. The number of benzene rings is 1. The summed E-state index contributed by atoms with van der Waals surface area (Å²) < 4.78 is 30.8. The van der Waals surface area contributed by atoms with Crippen LogP contribution < -0.4 is 0 Å². The van der Waals surface area contributed by atoms with E-state index in [2.05, 4.69) is 0 Å². The summed E-state index contributed by atoms with van der Waals surface area (Å²) in [5, 5.41) is 2.17. The number of hydrazine groups is 1. The van der Waals surface area contributed by atoms with Gasteiger partial charge >= 0.3 is 0 Å². The predicted molar refractivity (Wildman–Crippen MR) is 74.0 cm³/mol. The standard InChI is InChI=1S/C13H14N2O6S/c1-14-12(17)11(13(18)15(14)6-7-16)8-9-2-4-10(5-3-9)22(19,20)21/h2-5,7,11H,6,8H2,1H3,(H,19,20,21). The number of hydrogen-bond acceptors (Lipinski definition) is 5. The smallest absolute Gasteiger partial charge is 0.294 e. The monoisotopic (exact) mass is 326 g/mol. The van der Waals surface area contributed by atoms with E-state index >= 15 is 0 Å². The van der Waals surface area contributed by atoms with Crippen molar-refractivity contribution in [3.63, 3.8) is 0 Å². The highest BCUT2D eigenvalue weighted by Crippen LogP contribution is 2.22. The second kappa shape index (κ2) is 5.85. The Balaban J connectivity index is 2.18. The second-order valence-corrected chi connectivity index (χ2v) is 6.25. The summed E-state index contributed by atoms with van der Waals surface area (Å²) in [6.07, 6.45) is 0.619. The summed E-state index contributed by atoms with van der Waals surface area (Å²) in [7, 11) is -2.87. The molecule has 9 heteroatoms. The second-order valence-electron chi connectivity index (χ2n) is 4.82. The number of rotatable bonds is 5. The van der Waals surface area contributed by atoms with Gasteiger partial charge in [0.05, 0.1) is 11.4 Å². The first-order chi connectivity index (χ1) is 10.3. The highest BCUT2D eigenvalue weighted by atomic mass is 32.2. The van der Waals surface area contributed by atoms with Gasteiger partial charge in [0.2, 0.25) is 0 Å². The molecule has 1 saturated heterocycles. The fraction of sp³-hybridized carbons (Fsp3) is 0.308. The molecule has 2 amide bonds. The molecule has 0 aromatic heterocycles.